The lowest BCUT2D eigenvalue weighted by molar-refractivity contribution is -0.154. The van der Waals surface area contributed by atoms with Crippen LogP contribution in [0.5, 0.6) is 0 Å². The lowest BCUT2D eigenvalue weighted by Crippen LogP contribution is -2.57. The molecule has 1 heterocycles. The molecule has 0 unspecified atom stereocenters. The van der Waals surface area contributed by atoms with E-state index < -0.39 is 0 Å². The Morgan fingerprint density at radius 1 is 1.11 bits per heavy atom. The lowest BCUT2D eigenvalue weighted by Gasteiger charge is -2.45. The van der Waals surface area contributed by atoms with Gasteiger partial charge in [0, 0.05) is 18.4 Å². The van der Waals surface area contributed by atoms with Crippen LogP contribution in [0.25, 0.3) is 0 Å². The van der Waals surface area contributed by atoms with Gasteiger partial charge in [-0.1, -0.05) is 0 Å². The Morgan fingerprint density at radius 3 is 2.50 bits per heavy atom. The summed E-state index contributed by atoms with van der Waals surface area (Å²) in [6.07, 6.45) is 4.46. The van der Waals surface area contributed by atoms with Gasteiger partial charge in [-0.3, -0.25) is 9.59 Å². The topological polar surface area (TPSA) is 72.6 Å². The fourth-order valence-electron chi connectivity index (χ4n) is 3.21. The molecule has 100 valence electrons. The summed E-state index contributed by atoms with van der Waals surface area (Å²) < 4.78 is 5.74. The zero-order valence-corrected chi connectivity index (χ0v) is 10.5. The van der Waals surface area contributed by atoms with E-state index >= 15 is 0 Å². The highest BCUT2D eigenvalue weighted by atomic mass is 16.5. The number of carbonyl (C=O) groups excluding carboxylic acids is 2. The van der Waals surface area contributed by atoms with E-state index in [-0.39, 0.29) is 35.8 Å². The minimum Gasteiger partial charge on any atom is -0.374 e. The SMILES string of the molecule is NC(=O)[C@H]1CC[C@H]2OCCN(C(=O)C3CC3)[C@@H]2C1. The number of primary amides is 1. The van der Waals surface area contributed by atoms with Gasteiger partial charge in [-0.15, -0.1) is 0 Å². The number of carbonyl (C=O) groups is 2. The average molecular weight is 252 g/mol. The first-order valence-electron chi connectivity index (χ1n) is 6.88. The molecule has 3 atom stereocenters. The number of amides is 2. The van der Waals surface area contributed by atoms with Gasteiger partial charge in [-0.25, -0.2) is 0 Å². The number of nitrogens with zero attached hydrogens (tertiary/aromatic N) is 1. The predicted octanol–water partition coefficient (Wildman–Crippen LogP) is 0.278. The summed E-state index contributed by atoms with van der Waals surface area (Å²) in [5, 5.41) is 0. The number of ether oxygens (including phenoxy) is 1. The van der Waals surface area contributed by atoms with Crippen LogP contribution in [0, 0.1) is 11.8 Å². The molecule has 2 aliphatic carbocycles. The van der Waals surface area contributed by atoms with Crippen molar-refractivity contribution in [2.75, 3.05) is 13.2 Å². The first-order chi connectivity index (χ1) is 8.66. The normalized spacial score (nSPS) is 36.0. The third kappa shape index (κ3) is 2.11. The largest absolute Gasteiger partial charge is 0.374 e. The zero-order valence-electron chi connectivity index (χ0n) is 10.5. The minimum absolute atomic E-state index is 0.0677. The van der Waals surface area contributed by atoms with Crippen molar-refractivity contribution in [3.05, 3.63) is 0 Å². The Bertz CT molecular complexity index is 367. The number of nitrogens with two attached hydrogens (primary N) is 1. The molecular weight excluding hydrogens is 232 g/mol. The van der Waals surface area contributed by atoms with E-state index in [2.05, 4.69) is 0 Å². The summed E-state index contributed by atoms with van der Waals surface area (Å²) in [5.74, 6) is 0.163. The number of rotatable bonds is 2. The van der Waals surface area contributed by atoms with E-state index in [4.69, 9.17) is 10.5 Å². The van der Waals surface area contributed by atoms with E-state index in [0.29, 0.717) is 19.6 Å². The maximum Gasteiger partial charge on any atom is 0.226 e. The molecule has 0 bridgehead atoms. The van der Waals surface area contributed by atoms with Crippen molar-refractivity contribution in [1.82, 2.24) is 4.90 Å². The van der Waals surface area contributed by atoms with Gasteiger partial charge in [0.15, 0.2) is 0 Å². The van der Waals surface area contributed by atoms with Crippen LogP contribution in [0.1, 0.15) is 32.1 Å². The summed E-state index contributed by atoms with van der Waals surface area (Å²) in [7, 11) is 0. The van der Waals surface area contributed by atoms with Gasteiger partial charge >= 0.3 is 0 Å². The number of morpholine rings is 1. The maximum absolute atomic E-state index is 12.2. The van der Waals surface area contributed by atoms with Gasteiger partial charge in [0.25, 0.3) is 0 Å². The molecule has 0 aromatic carbocycles. The molecule has 1 saturated heterocycles. The molecule has 2 N–H and O–H groups in total. The van der Waals surface area contributed by atoms with Crippen LogP contribution in [-0.2, 0) is 14.3 Å². The molecule has 18 heavy (non-hydrogen) atoms. The lowest BCUT2D eigenvalue weighted by atomic mass is 9.81. The van der Waals surface area contributed by atoms with Crippen LogP contribution in [0.2, 0.25) is 0 Å². The fraction of sp³-hybridized carbons (Fsp3) is 0.846. The van der Waals surface area contributed by atoms with Crippen molar-refractivity contribution in [2.45, 2.75) is 44.2 Å². The standard InChI is InChI=1S/C13H20N2O3/c14-12(16)9-3-4-11-10(7-9)15(5-6-18-11)13(17)8-1-2-8/h8-11H,1-7H2,(H2,14,16)/t9-,10+,11+/m0/s1. The van der Waals surface area contributed by atoms with Crippen LogP contribution in [0.4, 0.5) is 0 Å². The van der Waals surface area contributed by atoms with Crippen molar-refractivity contribution < 1.29 is 14.3 Å². The molecule has 2 amide bonds. The predicted molar refractivity (Wildman–Crippen MR) is 64.5 cm³/mol. The number of hydrogen-bond donors (Lipinski definition) is 1. The molecule has 0 spiro atoms. The zero-order chi connectivity index (χ0) is 12.7. The Labute approximate surface area is 107 Å². The van der Waals surface area contributed by atoms with Gasteiger partial charge in [0.05, 0.1) is 18.8 Å². The van der Waals surface area contributed by atoms with Crippen molar-refractivity contribution >= 4 is 11.8 Å². The number of fused-ring (bicyclic) bond motifs is 1. The second kappa shape index (κ2) is 4.53. The molecular formula is C13H20N2O3. The van der Waals surface area contributed by atoms with Crippen LogP contribution in [0.15, 0.2) is 0 Å². The molecule has 5 heteroatoms. The Morgan fingerprint density at radius 2 is 1.83 bits per heavy atom. The second-order valence-corrected chi connectivity index (χ2v) is 5.69. The summed E-state index contributed by atoms with van der Waals surface area (Å²) >= 11 is 0. The quantitative estimate of drug-likeness (QED) is 0.767. The summed E-state index contributed by atoms with van der Waals surface area (Å²) in [6, 6.07) is 0.0677. The second-order valence-electron chi connectivity index (χ2n) is 5.69. The van der Waals surface area contributed by atoms with E-state index in [0.717, 1.165) is 25.7 Å². The van der Waals surface area contributed by atoms with Crippen LogP contribution in [-0.4, -0.2) is 42.0 Å². The smallest absolute Gasteiger partial charge is 0.226 e. The molecule has 1 aliphatic heterocycles. The van der Waals surface area contributed by atoms with Gasteiger partial charge in [-0.05, 0) is 32.1 Å². The van der Waals surface area contributed by atoms with Gasteiger partial charge in [0.2, 0.25) is 11.8 Å². The van der Waals surface area contributed by atoms with Crippen molar-refractivity contribution in [2.24, 2.45) is 17.6 Å². The highest BCUT2D eigenvalue weighted by molar-refractivity contribution is 5.82. The third-order valence-electron chi connectivity index (χ3n) is 4.43. The van der Waals surface area contributed by atoms with E-state index in [1.165, 1.54) is 0 Å². The molecule has 3 rings (SSSR count). The van der Waals surface area contributed by atoms with E-state index in [1.54, 1.807) is 0 Å². The molecule has 5 nitrogen and oxygen atoms in total. The van der Waals surface area contributed by atoms with Crippen LogP contribution in [0.3, 0.4) is 0 Å². The molecule has 2 saturated carbocycles. The molecule has 3 fully saturated rings. The van der Waals surface area contributed by atoms with E-state index in [1.807, 2.05) is 4.90 Å². The van der Waals surface area contributed by atoms with Crippen LogP contribution < -0.4 is 5.73 Å². The monoisotopic (exact) mass is 252 g/mol. The fourth-order valence-corrected chi connectivity index (χ4v) is 3.21. The summed E-state index contributed by atoms with van der Waals surface area (Å²) in [6.45, 7) is 1.29. The molecule has 3 aliphatic rings. The van der Waals surface area contributed by atoms with Crippen molar-refractivity contribution in [1.29, 1.82) is 0 Å². The summed E-state index contributed by atoms with van der Waals surface area (Å²) in [4.78, 5) is 25.5. The first-order valence-corrected chi connectivity index (χ1v) is 6.88. The highest BCUT2D eigenvalue weighted by Gasteiger charge is 2.44. The summed E-state index contributed by atoms with van der Waals surface area (Å²) in [5.41, 5.74) is 5.40. The van der Waals surface area contributed by atoms with Crippen molar-refractivity contribution in [3.63, 3.8) is 0 Å². The molecule has 0 aromatic rings. The third-order valence-corrected chi connectivity index (χ3v) is 4.43. The van der Waals surface area contributed by atoms with Crippen LogP contribution >= 0.6 is 0 Å². The van der Waals surface area contributed by atoms with E-state index in [9.17, 15) is 9.59 Å². The Kier molecular flexibility index (Phi) is 3.01. The highest BCUT2D eigenvalue weighted by Crippen LogP contribution is 2.37. The average Bonchev–Trinajstić information content (AvgIpc) is 3.20. The Balaban J connectivity index is 1.73. The first kappa shape index (κ1) is 12.0. The van der Waals surface area contributed by atoms with Gasteiger partial charge < -0.3 is 15.4 Å². The number of hydrogen-bond acceptors (Lipinski definition) is 3. The maximum atomic E-state index is 12.2. The van der Waals surface area contributed by atoms with Crippen molar-refractivity contribution in [3.8, 4) is 0 Å². The van der Waals surface area contributed by atoms with Gasteiger partial charge in [0.1, 0.15) is 0 Å². The molecule has 0 radical (unpaired) electrons. The molecule has 0 aromatic heterocycles. The Hall–Kier alpha value is -1.10. The van der Waals surface area contributed by atoms with Gasteiger partial charge in [-0.2, -0.15) is 0 Å². The minimum atomic E-state index is -0.238.